The minimum Gasteiger partial charge on any atom is -0.505 e. The number of aromatic hydroxyl groups is 1. The van der Waals surface area contributed by atoms with Crippen molar-refractivity contribution >= 4 is 68.5 Å². The highest BCUT2D eigenvalue weighted by atomic mass is 16.5. The molecule has 0 fully saturated rings. The Morgan fingerprint density at radius 2 is 1.31 bits per heavy atom. The number of nitrogens with zero attached hydrogens (tertiary/aromatic N) is 2. The molecule has 0 atom stereocenters. The Hall–Kier alpha value is -7.28. The van der Waals surface area contributed by atoms with Gasteiger partial charge in [0, 0.05) is 40.1 Å². The van der Waals surface area contributed by atoms with Crippen LogP contribution in [0.1, 0.15) is 20.7 Å². The van der Waals surface area contributed by atoms with Gasteiger partial charge >= 0.3 is 0 Å². The molecule has 0 heterocycles. The van der Waals surface area contributed by atoms with Crippen molar-refractivity contribution < 1.29 is 33.8 Å². The summed E-state index contributed by atoms with van der Waals surface area (Å²) in [6.07, 6.45) is 2.27. The first-order chi connectivity index (χ1) is 24.6. The van der Waals surface area contributed by atoms with E-state index in [0.717, 1.165) is 12.2 Å². The van der Waals surface area contributed by atoms with Gasteiger partial charge in [0.2, 0.25) is 11.8 Å². The number of benzene rings is 5. The van der Waals surface area contributed by atoms with E-state index in [1.807, 2.05) is 0 Å². The molecule has 0 aliphatic heterocycles. The van der Waals surface area contributed by atoms with Gasteiger partial charge in [-0.2, -0.15) is 0 Å². The Balaban J connectivity index is 1.43. The lowest BCUT2D eigenvalue weighted by molar-refractivity contribution is -0.112. The van der Waals surface area contributed by atoms with Crippen molar-refractivity contribution in [3.63, 3.8) is 0 Å². The summed E-state index contributed by atoms with van der Waals surface area (Å²) in [6.45, 7) is 6.85. The van der Waals surface area contributed by atoms with Crippen LogP contribution >= 0.6 is 0 Å². The number of ether oxygens (including phenoxy) is 2. The molecule has 0 aromatic heterocycles. The Bertz CT molecular complexity index is 2210. The van der Waals surface area contributed by atoms with Crippen molar-refractivity contribution in [2.24, 2.45) is 10.2 Å². The standard InChI is InChI=1S/C38H32N6O7/c1-5-33(45)39-24-16-14-22(15-17-24)37(48)42-29-20-32(51-4)30(21-31(29)50-3)43-44-35-27-13-8-7-10-23(27)18-28(36(35)47)38(49)41-26-12-9-11-25(19-26)40-34(46)6-2/h5-21,47H,1-2H2,3-4H3,(H,39,45)(H,40,46)(H,41,49)(H,42,48). The zero-order valence-corrected chi connectivity index (χ0v) is 27.5. The molecule has 0 saturated heterocycles. The average molecular weight is 685 g/mol. The number of carbonyl (C=O) groups excluding carboxylic acids is 4. The number of carbonyl (C=O) groups is 4. The van der Waals surface area contributed by atoms with Crippen molar-refractivity contribution in [2.75, 3.05) is 35.5 Å². The highest BCUT2D eigenvalue weighted by molar-refractivity contribution is 6.12. The van der Waals surface area contributed by atoms with Gasteiger partial charge in [-0.3, -0.25) is 19.2 Å². The fraction of sp³-hybridized carbons (Fsp3) is 0.0526. The molecule has 0 saturated carbocycles. The zero-order chi connectivity index (χ0) is 36.5. The Morgan fingerprint density at radius 3 is 1.98 bits per heavy atom. The molecule has 5 aromatic rings. The van der Waals surface area contributed by atoms with Crippen molar-refractivity contribution in [3.05, 3.63) is 127 Å². The lowest BCUT2D eigenvalue weighted by Gasteiger charge is -2.14. The first kappa shape index (κ1) is 35.0. The van der Waals surface area contributed by atoms with E-state index >= 15 is 0 Å². The van der Waals surface area contributed by atoms with Crippen LogP contribution in [0.4, 0.5) is 34.1 Å². The van der Waals surface area contributed by atoms with E-state index in [2.05, 4.69) is 44.7 Å². The number of fused-ring (bicyclic) bond motifs is 1. The summed E-state index contributed by atoms with van der Waals surface area (Å²) in [5.41, 5.74) is 2.06. The van der Waals surface area contributed by atoms with Gasteiger partial charge in [0.1, 0.15) is 22.9 Å². The molecule has 0 spiro atoms. The minimum atomic E-state index is -0.627. The Morgan fingerprint density at radius 1 is 0.667 bits per heavy atom. The van der Waals surface area contributed by atoms with Gasteiger partial charge < -0.3 is 35.8 Å². The number of phenolic OH excluding ortho intramolecular Hbond substituents is 1. The number of nitrogens with one attached hydrogen (secondary N) is 4. The highest BCUT2D eigenvalue weighted by Crippen LogP contribution is 2.43. The minimum absolute atomic E-state index is 0.0244. The van der Waals surface area contributed by atoms with Gasteiger partial charge in [0.05, 0.1) is 25.5 Å². The second-order valence-corrected chi connectivity index (χ2v) is 10.7. The third-order valence-electron chi connectivity index (χ3n) is 7.42. The van der Waals surface area contributed by atoms with Crippen molar-refractivity contribution in [2.45, 2.75) is 0 Å². The van der Waals surface area contributed by atoms with Gasteiger partial charge in [0.15, 0.2) is 5.75 Å². The van der Waals surface area contributed by atoms with Crippen molar-refractivity contribution in [1.29, 1.82) is 0 Å². The molecule has 5 N–H and O–H groups in total. The smallest absolute Gasteiger partial charge is 0.259 e. The van der Waals surface area contributed by atoms with E-state index in [1.165, 1.54) is 32.4 Å². The number of azo groups is 1. The third-order valence-corrected chi connectivity index (χ3v) is 7.42. The molecule has 0 unspecified atom stereocenters. The number of phenols is 1. The van der Waals surface area contributed by atoms with Gasteiger partial charge in [-0.1, -0.05) is 43.5 Å². The van der Waals surface area contributed by atoms with Gasteiger partial charge in [-0.15, -0.1) is 10.2 Å². The summed E-state index contributed by atoms with van der Waals surface area (Å²) in [5.74, 6) is -1.83. The zero-order valence-electron chi connectivity index (χ0n) is 27.5. The molecule has 0 aliphatic carbocycles. The number of anilines is 4. The van der Waals surface area contributed by atoms with Gasteiger partial charge in [-0.05, 0) is 66.1 Å². The lowest BCUT2D eigenvalue weighted by Crippen LogP contribution is -2.13. The second-order valence-electron chi connectivity index (χ2n) is 10.7. The largest absolute Gasteiger partial charge is 0.505 e. The molecule has 0 bridgehead atoms. The van der Waals surface area contributed by atoms with Crippen LogP contribution in [0.15, 0.2) is 127 Å². The highest BCUT2D eigenvalue weighted by Gasteiger charge is 2.20. The first-order valence-electron chi connectivity index (χ1n) is 15.3. The molecule has 0 radical (unpaired) electrons. The molecule has 51 heavy (non-hydrogen) atoms. The average Bonchev–Trinajstić information content (AvgIpc) is 3.14. The number of hydrogen-bond acceptors (Lipinski definition) is 9. The van der Waals surface area contributed by atoms with Crippen LogP contribution in [0.2, 0.25) is 0 Å². The topological polar surface area (TPSA) is 180 Å². The van der Waals surface area contributed by atoms with Crippen molar-refractivity contribution in [3.8, 4) is 17.2 Å². The van der Waals surface area contributed by atoms with Crippen LogP contribution in [0.5, 0.6) is 17.2 Å². The molecular weight excluding hydrogens is 652 g/mol. The maximum atomic E-state index is 13.4. The molecule has 5 aromatic carbocycles. The maximum absolute atomic E-state index is 13.4. The molecule has 13 heteroatoms. The van der Waals surface area contributed by atoms with E-state index < -0.39 is 23.5 Å². The van der Waals surface area contributed by atoms with Crippen LogP contribution < -0.4 is 30.7 Å². The van der Waals surface area contributed by atoms with E-state index in [1.54, 1.807) is 72.8 Å². The van der Waals surface area contributed by atoms with Crippen LogP contribution in [-0.4, -0.2) is 43.0 Å². The number of rotatable bonds is 12. The summed E-state index contributed by atoms with van der Waals surface area (Å²) in [4.78, 5) is 49.8. The number of methoxy groups -OCH3 is 2. The quantitative estimate of drug-likeness (QED) is 0.0659. The van der Waals surface area contributed by atoms with E-state index in [9.17, 15) is 24.3 Å². The number of amides is 4. The summed E-state index contributed by atoms with van der Waals surface area (Å²) < 4.78 is 11.1. The summed E-state index contributed by atoms with van der Waals surface area (Å²) >= 11 is 0. The monoisotopic (exact) mass is 684 g/mol. The predicted octanol–water partition coefficient (Wildman–Crippen LogP) is 7.73. The molecule has 5 rings (SSSR count). The molecule has 13 nitrogen and oxygen atoms in total. The second kappa shape index (κ2) is 15.7. The molecule has 256 valence electrons. The SMILES string of the molecule is C=CC(=O)Nc1ccc(C(=O)Nc2cc(OC)c(N=Nc3c(O)c(C(=O)Nc4cccc(NC(=O)C=C)c4)cc4ccccc34)cc2OC)cc1. The van der Waals surface area contributed by atoms with Gasteiger partial charge in [0.25, 0.3) is 11.8 Å². The van der Waals surface area contributed by atoms with Crippen LogP contribution in [0.3, 0.4) is 0 Å². The first-order valence-corrected chi connectivity index (χ1v) is 15.3. The maximum Gasteiger partial charge on any atom is 0.259 e. The Labute approximate surface area is 292 Å². The van der Waals surface area contributed by atoms with E-state index in [0.29, 0.717) is 33.4 Å². The molecular formula is C38H32N6O7. The summed E-state index contributed by atoms with van der Waals surface area (Å²) in [5, 5.41) is 31.9. The van der Waals surface area contributed by atoms with Crippen LogP contribution in [-0.2, 0) is 9.59 Å². The molecule has 4 amide bonds. The summed E-state index contributed by atoms with van der Waals surface area (Å²) in [7, 11) is 2.83. The third kappa shape index (κ3) is 8.24. The van der Waals surface area contributed by atoms with Crippen molar-refractivity contribution in [1.82, 2.24) is 0 Å². The summed E-state index contributed by atoms with van der Waals surface area (Å²) in [6, 6.07) is 24.3. The Kier molecular flexibility index (Phi) is 10.8. The lowest BCUT2D eigenvalue weighted by atomic mass is 10.0. The fourth-order valence-electron chi connectivity index (χ4n) is 4.91. The van der Waals surface area contributed by atoms with Crippen LogP contribution in [0, 0.1) is 0 Å². The fourth-order valence-corrected chi connectivity index (χ4v) is 4.91. The van der Waals surface area contributed by atoms with Crippen LogP contribution in [0.25, 0.3) is 10.8 Å². The normalized spacial score (nSPS) is 10.6. The van der Waals surface area contributed by atoms with Gasteiger partial charge in [-0.25, -0.2) is 0 Å². The van der Waals surface area contributed by atoms with E-state index in [4.69, 9.17) is 9.47 Å². The molecule has 0 aliphatic rings. The van der Waals surface area contributed by atoms with E-state index in [-0.39, 0.29) is 40.0 Å². The predicted molar refractivity (Wildman–Crippen MR) is 196 cm³/mol. The number of hydrogen-bond donors (Lipinski definition) is 5.